The van der Waals surface area contributed by atoms with Crippen molar-refractivity contribution in [2.75, 3.05) is 6.54 Å². The molecule has 136 valence electrons. The second kappa shape index (κ2) is 8.49. The number of amides is 1. The Labute approximate surface area is 152 Å². The van der Waals surface area contributed by atoms with Gasteiger partial charge in [-0.3, -0.25) is 4.79 Å². The third-order valence-electron chi connectivity index (χ3n) is 5.05. The van der Waals surface area contributed by atoms with Gasteiger partial charge < -0.3 is 10.6 Å². The normalized spacial score (nSPS) is 17.6. The average Bonchev–Trinajstić information content (AvgIpc) is 3.42. The summed E-state index contributed by atoms with van der Waals surface area (Å²) in [6.45, 7) is 8.54. The summed E-state index contributed by atoms with van der Waals surface area (Å²) in [7, 11) is 0. The molecular weight excluding hydrogens is 310 g/mol. The number of aryl methyl sites for hydroxylation is 1. The van der Waals surface area contributed by atoms with E-state index in [0.717, 1.165) is 25.7 Å². The molecule has 0 bridgehead atoms. The molecule has 0 spiro atoms. The largest absolute Gasteiger partial charge is 0.337 e. The second-order valence-corrected chi connectivity index (χ2v) is 7.73. The number of hydrogen-bond donors (Lipinski definition) is 2. The number of nitriles is 1. The van der Waals surface area contributed by atoms with Crippen molar-refractivity contribution in [3.05, 3.63) is 35.4 Å². The number of benzene rings is 1. The van der Waals surface area contributed by atoms with Crippen LogP contribution in [0.15, 0.2) is 24.3 Å². The van der Waals surface area contributed by atoms with Crippen molar-refractivity contribution in [2.24, 2.45) is 11.8 Å². The smallest absolute Gasteiger partial charge is 0.235 e. The van der Waals surface area contributed by atoms with Gasteiger partial charge in [0.15, 0.2) is 0 Å². The van der Waals surface area contributed by atoms with E-state index in [1.165, 1.54) is 11.1 Å². The lowest BCUT2D eigenvalue weighted by atomic mass is 9.94. The van der Waals surface area contributed by atoms with Crippen LogP contribution in [0.2, 0.25) is 0 Å². The van der Waals surface area contributed by atoms with E-state index >= 15 is 0 Å². The highest BCUT2D eigenvalue weighted by atomic mass is 16.2. The maximum Gasteiger partial charge on any atom is 0.235 e. The lowest BCUT2D eigenvalue weighted by molar-refractivity contribution is -0.121. The topological polar surface area (TPSA) is 64.9 Å². The molecule has 0 saturated heterocycles. The van der Waals surface area contributed by atoms with Crippen molar-refractivity contribution < 1.29 is 4.79 Å². The van der Waals surface area contributed by atoms with Gasteiger partial charge in [0.05, 0.1) is 12.6 Å². The molecule has 1 aliphatic rings. The van der Waals surface area contributed by atoms with Crippen LogP contribution >= 0.6 is 0 Å². The first-order valence-electron chi connectivity index (χ1n) is 9.44. The third kappa shape index (κ3) is 5.31. The maximum absolute atomic E-state index is 12.3. The quantitative estimate of drug-likeness (QED) is 0.719. The monoisotopic (exact) mass is 341 g/mol. The van der Waals surface area contributed by atoms with E-state index in [-0.39, 0.29) is 18.5 Å². The molecule has 4 heteroatoms. The summed E-state index contributed by atoms with van der Waals surface area (Å²) in [6.07, 6.45) is 4.29. The van der Waals surface area contributed by atoms with Crippen molar-refractivity contribution in [3.8, 4) is 6.07 Å². The first kappa shape index (κ1) is 19.5. The molecule has 0 aromatic heterocycles. The molecule has 4 nitrogen and oxygen atoms in total. The van der Waals surface area contributed by atoms with Gasteiger partial charge in [-0.2, -0.15) is 5.26 Å². The summed E-state index contributed by atoms with van der Waals surface area (Å²) in [6, 6.07) is 11.1. The summed E-state index contributed by atoms with van der Waals surface area (Å²) >= 11 is 0. The van der Waals surface area contributed by atoms with Crippen LogP contribution in [0.1, 0.15) is 64.1 Å². The Bertz CT molecular complexity index is 613. The molecule has 2 rings (SSSR count). The van der Waals surface area contributed by atoms with Crippen LogP contribution in [-0.4, -0.2) is 18.0 Å². The number of carbonyl (C=O) groups excluding carboxylic acids is 1. The van der Waals surface area contributed by atoms with Gasteiger partial charge in [-0.15, -0.1) is 0 Å². The number of nitrogens with zero attached hydrogens (tertiary/aromatic N) is 1. The molecule has 1 amide bonds. The standard InChI is InChI=1S/C21H31N3O/c1-5-6-16-7-9-17(10-8-16)20(15(2)3)23-13-19(25)24-21(4,14-22)18-11-12-18/h7-10,15,18,20,23H,5-6,11-13H2,1-4H3,(H,24,25)/t20-,21+/m0/s1. The minimum atomic E-state index is -0.728. The summed E-state index contributed by atoms with van der Waals surface area (Å²) in [5.41, 5.74) is 1.82. The predicted octanol–water partition coefficient (Wildman–Crippen LogP) is 3.73. The summed E-state index contributed by atoms with van der Waals surface area (Å²) in [4.78, 5) is 12.3. The highest BCUT2D eigenvalue weighted by Crippen LogP contribution is 2.39. The van der Waals surface area contributed by atoms with Crippen LogP contribution in [0.5, 0.6) is 0 Å². The fourth-order valence-electron chi connectivity index (χ4n) is 3.34. The van der Waals surface area contributed by atoms with Gasteiger partial charge >= 0.3 is 0 Å². The Morgan fingerprint density at radius 3 is 2.44 bits per heavy atom. The number of hydrogen-bond acceptors (Lipinski definition) is 3. The molecule has 0 unspecified atom stereocenters. The molecule has 0 radical (unpaired) electrons. The van der Waals surface area contributed by atoms with Crippen molar-refractivity contribution >= 4 is 5.91 Å². The molecular formula is C21H31N3O. The van der Waals surface area contributed by atoms with Crippen LogP contribution in [0, 0.1) is 23.2 Å². The first-order valence-corrected chi connectivity index (χ1v) is 9.44. The van der Waals surface area contributed by atoms with E-state index in [0.29, 0.717) is 11.8 Å². The van der Waals surface area contributed by atoms with Gasteiger partial charge in [0.1, 0.15) is 5.54 Å². The lowest BCUT2D eigenvalue weighted by Crippen LogP contribution is -2.50. The molecule has 1 fully saturated rings. The Hall–Kier alpha value is -1.86. The Morgan fingerprint density at radius 2 is 1.96 bits per heavy atom. The van der Waals surface area contributed by atoms with Gasteiger partial charge in [0.25, 0.3) is 0 Å². The van der Waals surface area contributed by atoms with Gasteiger partial charge in [0.2, 0.25) is 5.91 Å². The van der Waals surface area contributed by atoms with Gasteiger partial charge in [-0.25, -0.2) is 0 Å². The van der Waals surface area contributed by atoms with E-state index in [2.05, 4.69) is 61.7 Å². The first-order chi connectivity index (χ1) is 11.9. The molecule has 2 atom stereocenters. The SMILES string of the molecule is CCCc1ccc([C@@H](NCC(=O)N[C@](C)(C#N)C2CC2)C(C)C)cc1. The van der Waals surface area contributed by atoms with Gasteiger partial charge in [-0.1, -0.05) is 51.5 Å². The molecule has 1 aliphatic carbocycles. The van der Waals surface area contributed by atoms with Crippen LogP contribution in [-0.2, 0) is 11.2 Å². The predicted molar refractivity (Wildman–Crippen MR) is 101 cm³/mol. The fourth-order valence-corrected chi connectivity index (χ4v) is 3.34. The molecule has 0 heterocycles. The zero-order valence-electron chi connectivity index (χ0n) is 15.9. The average molecular weight is 341 g/mol. The van der Waals surface area contributed by atoms with Crippen molar-refractivity contribution in [2.45, 2.75) is 65.0 Å². The van der Waals surface area contributed by atoms with E-state index in [1.54, 1.807) is 0 Å². The van der Waals surface area contributed by atoms with Crippen LogP contribution in [0.4, 0.5) is 0 Å². The lowest BCUT2D eigenvalue weighted by Gasteiger charge is -2.26. The van der Waals surface area contributed by atoms with E-state index in [9.17, 15) is 10.1 Å². The highest BCUT2D eigenvalue weighted by molar-refractivity contribution is 5.79. The molecule has 1 aromatic rings. The van der Waals surface area contributed by atoms with E-state index in [1.807, 2.05) is 6.92 Å². The van der Waals surface area contributed by atoms with Crippen LogP contribution in [0.25, 0.3) is 0 Å². The number of nitrogens with one attached hydrogen (secondary N) is 2. The van der Waals surface area contributed by atoms with Crippen molar-refractivity contribution in [1.29, 1.82) is 5.26 Å². The summed E-state index contributed by atoms with van der Waals surface area (Å²) in [5.74, 6) is 0.563. The minimum Gasteiger partial charge on any atom is -0.337 e. The molecule has 25 heavy (non-hydrogen) atoms. The summed E-state index contributed by atoms with van der Waals surface area (Å²) in [5, 5.41) is 15.7. The summed E-state index contributed by atoms with van der Waals surface area (Å²) < 4.78 is 0. The van der Waals surface area contributed by atoms with Gasteiger partial charge in [0, 0.05) is 6.04 Å². The van der Waals surface area contributed by atoms with Crippen molar-refractivity contribution in [3.63, 3.8) is 0 Å². The Kier molecular flexibility index (Phi) is 6.61. The molecule has 2 N–H and O–H groups in total. The molecule has 1 saturated carbocycles. The second-order valence-electron chi connectivity index (χ2n) is 7.73. The molecule has 1 aromatic carbocycles. The number of carbonyl (C=O) groups is 1. The zero-order chi connectivity index (χ0) is 18.4. The zero-order valence-corrected chi connectivity index (χ0v) is 15.9. The van der Waals surface area contributed by atoms with Crippen molar-refractivity contribution in [1.82, 2.24) is 10.6 Å². The van der Waals surface area contributed by atoms with E-state index in [4.69, 9.17) is 0 Å². The number of rotatable bonds is 9. The molecule has 0 aliphatic heterocycles. The Balaban J connectivity index is 1.95. The fraction of sp³-hybridized carbons (Fsp3) is 0.619. The third-order valence-corrected chi connectivity index (χ3v) is 5.05. The van der Waals surface area contributed by atoms with Crippen LogP contribution in [0.3, 0.4) is 0 Å². The van der Waals surface area contributed by atoms with Crippen LogP contribution < -0.4 is 10.6 Å². The Morgan fingerprint density at radius 1 is 1.32 bits per heavy atom. The van der Waals surface area contributed by atoms with E-state index < -0.39 is 5.54 Å². The highest BCUT2D eigenvalue weighted by Gasteiger charge is 2.42. The minimum absolute atomic E-state index is 0.107. The maximum atomic E-state index is 12.3. The van der Waals surface area contributed by atoms with Gasteiger partial charge in [-0.05, 0) is 49.1 Å².